The van der Waals surface area contributed by atoms with E-state index < -0.39 is 0 Å². The molecule has 0 radical (unpaired) electrons. The third kappa shape index (κ3) is 1.52. The molecule has 1 nitrogen and oxygen atoms in total. The van der Waals surface area contributed by atoms with Gasteiger partial charge in [0.2, 0.25) is 0 Å². The molecule has 4 rings (SSSR count). The number of hydrogen-bond donors (Lipinski definition) is 0. The smallest absolute Gasteiger partial charge is 0.0747 e. The number of pyridine rings is 1. The lowest BCUT2D eigenvalue weighted by atomic mass is 10.1. The standard InChI is InChI=1S/C16H11N.ClH/c1-3-7-14-11(5-1)9-13-10-12-6-2-4-8-15(12)17-16(13)14;/h1-8,10H,9H2;1H. The SMILES string of the molecule is Cl.c1ccc2c(c1)Cc1cc3ccccc3nc1-2. The number of rotatable bonds is 0. The van der Waals surface area contributed by atoms with Gasteiger partial charge in [0.25, 0.3) is 0 Å². The van der Waals surface area contributed by atoms with E-state index in [0.29, 0.717) is 0 Å². The van der Waals surface area contributed by atoms with E-state index >= 15 is 0 Å². The van der Waals surface area contributed by atoms with Crippen LogP contribution in [0, 0.1) is 0 Å². The second kappa shape index (κ2) is 4.11. The topological polar surface area (TPSA) is 12.9 Å². The zero-order valence-corrected chi connectivity index (χ0v) is 10.6. The maximum absolute atomic E-state index is 4.80. The Kier molecular flexibility index (Phi) is 2.57. The van der Waals surface area contributed by atoms with Crippen molar-refractivity contribution in [3.05, 3.63) is 65.7 Å². The summed E-state index contributed by atoms with van der Waals surface area (Å²) >= 11 is 0. The second-order valence-corrected chi connectivity index (χ2v) is 4.52. The Morgan fingerprint density at radius 2 is 1.61 bits per heavy atom. The van der Waals surface area contributed by atoms with Crippen LogP contribution in [0.2, 0.25) is 0 Å². The van der Waals surface area contributed by atoms with E-state index in [0.717, 1.165) is 11.9 Å². The number of benzene rings is 2. The average molecular weight is 254 g/mol. The highest BCUT2D eigenvalue weighted by atomic mass is 35.5. The van der Waals surface area contributed by atoms with E-state index in [2.05, 4.69) is 48.5 Å². The van der Waals surface area contributed by atoms with Crippen LogP contribution < -0.4 is 0 Å². The number of fused-ring (bicyclic) bond motifs is 4. The summed E-state index contributed by atoms with van der Waals surface area (Å²) in [5, 5.41) is 1.24. The monoisotopic (exact) mass is 253 g/mol. The molecule has 0 spiro atoms. The molecule has 18 heavy (non-hydrogen) atoms. The van der Waals surface area contributed by atoms with Crippen molar-refractivity contribution in [3.63, 3.8) is 0 Å². The number of hydrogen-bond acceptors (Lipinski definition) is 1. The van der Waals surface area contributed by atoms with Gasteiger partial charge >= 0.3 is 0 Å². The van der Waals surface area contributed by atoms with Crippen LogP contribution in [0.25, 0.3) is 22.2 Å². The molecule has 88 valence electrons. The highest BCUT2D eigenvalue weighted by Crippen LogP contribution is 2.36. The van der Waals surface area contributed by atoms with Crippen LogP contribution in [0.3, 0.4) is 0 Å². The van der Waals surface area contributed by atoms with Gasteiger partial charge in [-0.3, -0.25) is 0 Å². The van der Waals surface area contributed by atoms with Gasteiger partial charge in [-0.25, -0.2) is 4.98 Å². The van der Waals surface area contributed by atoms with E-state index in [9.17, 15) is 0 Å². The third-order valence-electron chi connectivity index (χ3n) is 3.46. The summed E-state index contributed by atoms with van der Waals surface area (Å²) in [6.45, 7) is 0. The molecule has 0 N–H and O–H groups in total. The highest BCUT2D eigenvalue weighted by Gasteiger charge is 2.19. The Morgan fingerprint density at radius 3 is 2.56 bits per heavy atom. The Bertz CT molecular complexity index is 734. The molecule has 0 fully saturated rings. The average Bonchev–Trinajstić information content (AvgIpc) is 2.73. The Labute approximate surface area is 112 Å². The first-order valence-electron chi connectivity index (χ1n) is 5.89. The van der Waals surface area contributed by atoms with Gasteiger partial charge in [-0.2, -0.15) is 0 Å². The molecule has 0 atom stereocenters. The lowest BCUT2D eigenvalue weighted by Crippen LogP contribution is -1.86. The Balaban J connectivity index is 0.000001000. The summed E-state index contributed by atoms with van der Waals surface area (Å²) < 4.78 is 0. The van der Waals surface area contributed by atoms with Crippen LogP contribution in [-0.4, -0.2) is 4.98 Å². The van der Waals surface area contributed by atoms with Gasteiger partial charge in [0.05, 0.1) is 11.2 Å². The predicted molar refractivity (Wildman–Crippen MR) is 77.2 cm³/mol. The number of nitrogens with zero attached hydrogens (tertiary/aromatic N) is 1. The van der Waals surface area contributed by atoms with E-state index in [-0.39, 0.29) is 12.4 Å². The normalized spacial score (nSPS) is 11.8. The lowest BCUT2D eigenvalue weighted by Gasteiger charge is -2.02. The van der Waals surface area contributed by atoms with E-state index in [1.807, 2.05) is 6.07 Å². The maximum atomic E-state index is 4.80. The van der Waals surface area contributed by atoms with Crippen molar-refractivity contribution in [3.8, 4) is 11.3 Å². The van der Waals surface area contributed by atoms with Crippen molar-refractivity contribution in [2.45, 2.75) is 6.42 Å². The summed E-state index contributed by atoms with van der Waals surface area (Å²) in [6, 6.07) is 19.2. The molecule has 0 amide bonds. The number of halogens is 1. The van der Waals surface area contributed by atoms with Crippen LogP contribution in [0.5, 0.6) is 0 Å². The van der Waals surface area contributed by atoms with Gasteiger partial charge in [-0.15, -0.1) is 12.4 Å². The Morgan fingerprint density at radius 1 is 0.833 bits per heavy atom. The molecule has 1 aliphatic carbocycles. The minimum Gasteiger partial charge on any atom is -0.247 e. The van der Waals surface area contributed by atoms with Crippen LogP contribution in [-0.2, 0) is 6.42 Å². The first kappa shape index (κ1) is 11.2. The third-order valence-corrected chi connectivity index (χ3v) is 3.46. The molecule has 0 aliphatic heterocycles. The molecular formula is C16H12ClN. The van der Waals surface area contributed by atoms with Crippen molar-refractivity contribution in [2.24, 2.45) is 0 Å². The van der Waals surface area contributed by atoms with Gasteiger partial charge < -0.3 is 0 Å². The lowest BCUT2D eigenvalue weighted by molar-refractivity contribution is 1.25. The van der Waals surface area contributed by atoms with E-state index in [4.69, 9.17) is 4.98 Å². The summed E-state index contributed by atoms with van der Waals surface area (Å²) in [4.78, 5) is 4.80. The molecule has 1 heterocycles. The van der Waals surface area contributed by atoms with E-state index in [1.54, 1.807) is 0 Å². The molecule has 0 unspecified atom stereocenters. The van der Waals surface area contributed by atoms with Gasteiger partial charge in [-0.05, 0) is 23.3 Å². The van der Waals surface area contributed by atoms with Crippen molar-refractivity contribution >= 4 is 23.3 Å². The fourth-order valence-electron chi connectivity index (χ4n) is 2.64. The quantitative estimate of drug-likeness (QED) is 0.457. The molecule has 0 bridgehead atoms. The zero-order valence-electron chi connectivity index (χ0n) is 9.76. The second-order valence-electron chi connectivity index (χ2n) is 4.52. The fraction of sp³-hybridized carbons (Fsp3) is 0.0625. The first-order chi connectivity index (χ1) is 8.42. The summed E-state index contributed by atoms with van der Waals surface area (Å²) in [5.41, 5.74) is 6.30. The molecule has 1 aliphatic rings. The summed E-state index contributed by atoms with van der Waals surface area (Å²) in [6.07, 6.45) is 1.02. The minimum atomic E-state index is 0. The van der Waals surface area contributed by atoms with Gasteiger partial charge in [0.15, 0.2) is 0 Å². The van der Waals surface area contributed by atoms with Crippen LogP contribution >= 0.6 is 12.4 Å². The van der Waals surface area contributed by atoms with Crippen LogP contribution in [0.4, 0.5) is 0 Å². The van der Waals surface area contributed by atoms with Crippen LogP contribution in [0.15, 0.2) is 54.6 Å². The molecule has 0 saturated heterocycles. The molecule has 0 saturated carbocycles. The van der Waals surface area contributed by atoms with Crippen molar-refractivity contribution in [1.82, 2.24) is 4.98 Å². The van der Waals surface area contributed by atoms with Gasteiger partial charge in [0.1, 0.15) is 0 Å². The number of para-hydroxylation sites is 1. The maximum Gasteiger partial charge on any atom is 0.0747 e. The molecule has 3 aromatic rings. The molecule has 2 aromatic carbocycles. The predicted octanol–water partition coefficient (Wildman–Crippen LogP) is 4.23. The first-order valence-corrected chi connectivity index (χ1v) is 5.89. The van der Waals surface area contributed by atoms with Gasteiger partial charge in [-0.1, -0.05) is 42.5 Å². The largest absolute Gasteiger partial charge is 0.247 e. The molecule has 1 aromatic heterocycles. The van der Waals surface area contributed by atoms with Crippen molar-refractivity contribution in [1.29, 1.82) is 0 Å². The van der Waals surface area contributed by atoms with Crippen molar-refractivity contribution < 1.29 is 0 Å². The number of aromatic nitrogens is 1. The zero-order chi connectivity index (χ0) is 11.2. The molecular weight excluding hydrogens is 242 g/mol. The van der Waals surface area contributed by atoms with Crippen molar-refractivity contribution in [2.75, 3.05) is 0 Å². The van der Waals surface area contributed by atoms with E-state index in [1.165, 1.54) is 27.8 Å². The molecule has 2 heteroatoms. The van der Waals surface area contributed by atoms with Crippen LogP contribution in [0.1, 0.15) is 11.1 Å². The summed E-state index contributed by atoms with van der Waals surface area (Å²) in [7, 11) is 0. The minimum absolute atomic E-state index is 0. The van der Waals surface area contributed by atoms with Gasteiger partial charge in [0, 0.05) is 17.4 Å². The highest BCUT2D eigenvalue weighted by molar-refractivity contribution is 5.86. The summed E-state index contributed by atoms with van der Waals surface area (Å²) in [5.74, 6) is 0. The Hall–Kier alpha value is -1.86. The fourth-order valence-corrected chi connectivity index (χ4v) is 2.64.